The molecule has 2 amide bonds. The fourth-order valence-electron chi connectivity index (χ4n) is 7.40. The molecule has 0 aliphatic carbocycles. The number of rotatable bonds is 20. The lowest BCUT2D eigenvalue weighted by atomic mass is 10.1. The van der Waals surface area contributed by atoms with Crippen LogP contribution in [-0.2, 0) is 47.5 Å². The summed E-state index contributed by atoms with van der Waals surface area (Å²) in [5.41, 5.74) is 4.19. The molecule has 0 fully saturated rings. The van der Waals surface area contributed by atoms with Crippen LogP contribution in [0.1, 0.15) is 66.5 Å². The Morgan fingerprint density at radius 3 is 1.32 bits per heavy atom. The van der Waals surface area contributed by atoms with Crippen molar-refractivity contribution in [1.29, 1.82) is 0 Å². The van der Waals surface area contributed by atoms with Gasteiger partial charge in [0.25, 0.3) is 31.9 Å². The number of esters is 1. The zero-order chi connectivity index (χ0) is 60.1. The standard InChI is InChI=1S/C24H23FN6O5S.C22H21FN6O4S.C6H15N.C2H3ClO/c1-16(32)36-10-9-30(2)37(34,35)23-8-3-17(11-27-23)12-28-24(33)21-13-26-15-22-20(21)14-29-31(22)19-6-4-18(25)5-7-19;1-28(8-9-30)34(32,33)21-7-2-15(10-25-21)11-26-22(31)19-12-24-14-20-18(19)13-27-29(20)17-5-3-16(23)4-6-17;1-4-7(5-2)6-3;1-2(3)4/h3-8,11,13-15H,9-10,12H2,1-2H3,(H,28,33);2-7,10,12-14,30H,8-9,11H2,1H3,(H,26,31);4-6H2,1-3H3;1H3. The average Bonchev–Trinajstić information content (AvgIpc) is 4.06. The number of likely N-dealkylation sites (N-methyl/N-ethyl adjacent to an activating group) is 2. The number of amides is 2. The van der Waals surface area contributed by atoms with Crippen LogP contribution < -0.4 is 10.6 Å². The molecule has 6 aromatic heterocycles. The molecule has 8 rings (SSSR count). The first-order valence-corrected chi connectivity index (χ1v) is 28.5. The number of benzene rings is 2. The van der Waals surface area contributed by atoms with Gasteiger partial charge in [0.05, 0.1) is 64.9 Å². The van der Waals surface area contributed by atoms with Crippen LogP contribution in [-0.4, -0.2) is 158 Å². The number of ether oxygens (including phenoxy) is 1. The minimum atomic E-state index is -3.87. The second-order valence-electron chi connectivity index (χ2n) is 17.5. The van der Waals surface area contributed by atoms with E-state index in [1.54, 1.807) is 64.4 Å². The van der Waals surface area contributed by atoms with Gasteiger partial charge in [-0.15, -0.1) is 0 Å². The summed E-state index contributed by atoms with van der Waals surface area (Å²) in [5.74, 6) is -2.03. The quantitative estimate of drug-likeness (QED) is 0.0610. The van der Waals surface area contributed by atoms with Gasteiger partial charge in [0.1, 0.15) is 18.2 Å². The maximum atomic E-state index is 13.3. The molecule has 0 aliphatic rings. The maximum absolute atomic E-state index is 13.3. The number of nitrogens with zero attached hydrogens (tertiary/aromatic N) is 11. The Hall–Kier alpha value is -8.05. The summed E-state index contributed by atoms with van der Waals surface area (Å²) in [7, 11) is -4.96. The van der Waals surface area contributed by atoms with Crippen molar-refractivity contribution in [2.75, 3.05) is 60.0 Å². The number of sulfonamides is 2. The van der Waals surface area contributed by atoms with Crippen molar-refractivity contribution in [1.82, 2.24) is 63.6 Å². The summed E-state index contributed by atoms with van der Waals surface area (Å²) < 4.78 is 86.5. The number of fused-ring (bicyclic) bond motifs is 2. The molecule has 0 unspecified atom stereocenters. The van der Waals surface area contributed by atoms with Crippen LogP contribution in [0.15, 0.2) is 132 Å². The molecule has 82 heavy (non-hydrogen) atoms. The number of carbonyl (C=O) groups excluding carboxylic acids is 4. The number of pyridine rings is 4. The van der Waals surface area contributed by atoms with Gasteiger partial charge < -0.3 is 25.4 Å². The molecule has 2 aromatic carbocycles. The Morgan fingerprint density at radius 1 is 0.598 bits per heavy atom. The Bertz CT molecular complexity index is 3640. The van der Waals surface area contributed by atoms with Crippen LogP contribution in [0.25, 0.3) is 33.2 Å². The lowest BCUT2D eigenvalue weighted by molar-refractivity contribution is -0.141. The molecule has 0 atom stereocenters. The van der Waals surface area contributed by atoms with Crippen LogP contribution in [0.4, 0.5) is 8.78 Å². The van der Waals surface area contributed by atoms with Crippen molar-refractivity contribution in [2.24, 2.45) is 0 Å². The van der Waals surface area contributed by atoms with Gasteiger partial charge in [-0.1, -0.05) is 32.9 Å². The van der Waals surface area contributed by atoms with Gasteiger partial charge in [0, 0.05) is 89.7 Å². The topological polar surface area (TPSA) is 287 Å². The maximum Gasteiger partial charge on any atom is 0.302 e. The molecular formula is C54H62ClF2N13O10S2. The van der Waals surface area contributed by atoms with Crippen molar-refractivity contribution in [3.05, 3.63) is 156 Å². The molecule has 0 saturated carbocycles. The van der Waals surface area contributed by atoms with Gasteiger partial charge in [-0.05, 0) is 103 Å². The third-order valence-corrected chi connectivity index (χ3v) is 15.5. The van der Waals surface area contributed by atoms with E-state index in [9.17, 15) is 44.8 Å². The highest BCUT2D eigenvalue weighted by atomic mass is 35.5. The molecule has 0 saturated heterocycles. The summed E-state index contributed by atoms with van der Waals surface area (Å²) in [5, 5.41) is 23.6. The lowest BCUT2D eigenvalue weighted by Crippen LogP contribution is -2.31. The molecule has 436 valence electrons. The number of aliphatic hydroxyl groups is 1. The van der Waals surface area contributed by atoms with Gasteiger partial charge in [-0.25, -0.2) is 44.9 Å². The first-order valence-electron chi connectivity index (χ1n) is 25.2. The molecule has 8 aromatic rings. The van der Waals surface area contributed by atoms with Crippen molar-refractivity contribution in [2.45, 2.75) is 57.8 Å². The van der Waals surface area contributed by atoms with E-state index in [1.165, 1.54) is 115 Å². The minimum Gasteiger partial charge on any atom is -0.464 e. The highest BCUT2D eigenvalue weighted by Gasteiger charge is 2.24. The molecular weight excluding hydrogens is 1130 g/mol. The fourth-order valence-corrected chi connectivity index (χ4v) is 9.53. The van der Waals surface area contributed by atoms with E-state index >= 15 is 0 Å². The number of hydrogen-bond acceptors (Lipinski definition) is 17. The van der Waals surface area contributed by atoms with E-state index in [0.29, 0.717) is 55.4 Å². The number of carbonyl (C=O) groups is 4. The first-order chi connectivity index (χ1) is 39.0. The molecule has 6 heterocycles. The molecule has 0 bridgehead atoms. The van der Waals surface area contributed by atoms with Crippen LogP contribution in [0, 0.1) is 11.6 Å². The van der Waals surface area contributed by atoms with Crippen LogP contribution in [0.3, 0.4) is 0 Å². The summed E-state index contributed by atoms with van der Waals surface area (Å²) in [6.07, 6.45) is 11.8. The van der Waals surface area contributed by atoms with Crippen LogP contribution in [0.2, 0.25) is 0 Å². The smallest absolute Gasteiger partial charge is 0.302 e. The van der Waals surface area contributed by atoms with E-state index < -0.39 is 37.8 Å². The number of halogens is 3. The molecule has 28 heteroatoms. The molecule has 23 nitrogen and oxygen atoms in total. The fraction of sp³-hybridized carbons (Fsp3) is 0.296. The molecule has 3 N–H and O–H groups in total. The number of aromatic nitrogens is 8. The minimum absolute atomic E-state index is 0.0152. The van der Waals surface area contributed by atoms with Crippen molar-refractivity contribution >= 4 is 76.5 Å². The van der Waals surface area contributed by atoms with E-state index in [1.807, 2.05) is 0 Å². The van der Waals surface area contributed by atoms with E-state index in [-0.39, 0.29) is 66.3 Å². The normalized spacial score (nSPS) is 11.3. The third-order valence-electron chi connectivity index (χ3n) is 11.9. The zero-order valence-electron chi connectivity index (χ0n) is 45.9. The first kappa shape index (κ1) is 64.8. The van der Waals surface area contributed by atoms with Crippen LogP contribution in [0.5, 0.6) is 0 Å². The summed E-state index contributed by atoms with van der Waals surface area (Å²) in [4.78, 5) is 64.4. The second-order valence-corrected chi connectivity index (χ2v) is 22.0. The molecule has 0 aliphatic heterocycles. The van der Waals surface area contributed by atoms with E-state index in [2.05, 4.69) is 78.0 Å². The summed E-state index contributed by atoms with van der Waals surface area (Å²) >= 11 is 4.64. The SMILES string of the molecule is CC(=O)Cl.CC(=O)OCCN(C)S(=O)(=O)c1ccc(CNC(=O)c2cncc3c2cnn3-c2ccc(F)cc2)cn1.CCN(CC)CC.CN(CCO)S(=O)(=O)c1ccc(CNC(=O)c2cncc3c2cnn3-c2ccc(F)cc2)cn1. The monoisotopic (exact) mass is 1190 g/mol. The number of hydrogen-bond donors (Lipinski definition) is 3. The molecule has 0 spiro atoms. The van der Waals surface area contributed by atoms with E-state index in [4.69, 9.17) is 9.84 Å². The Kier molecular flexibility index (Phi) is 24.2. The van der Waals surface area contributed by atoms with E-state index in [0.717, 1.165) is 8.61 Å². The summed E-state index contributed by atoms with van der Waals surface area (Å²) in [6.45, 7) is 12.4. The highest BCUT2D eigenvalue weighted by molar-refractivity contribution is 7.89. The Morgan fingerprint density at radius 2 is 0.988 bits per heavy atom. The van der Waals surface area contributed by atoms with Gasteiger partial charge in [0.2, 0.25) is 5.24 Å². The van der Waals surface area contributed by atoms with Crippen molar-refractivity contribution in [3.63, 3.8) is 0 Å². The lowest BCUT2D eigenvalue weighted by Gasteiger charge is -2.16. The average molecular weight is 1190 g/mol. The van der Waals surface area contributed by atoms with Gasteiger partial charge >= 0.3 is 5.97 Å². The Balaban J connectivity index is 0.000000255. The predicted octanol–water partition coefficient (Wildman–Crippen LogP) is 5.69. The van der Waals surface area contributed by atoms with Gasteiger partial charge in [-0.3, -0.25) is 29.1 Å². The second kappa shape index (κ2) is 30.7. The van der Waals surface area contributed by atoms with Crippen molar-refractivity contribution < 1.29 is 54.6 Å². The third kappa shape index (κ3) is 17.7. The highest BCUT2D eigenvalue weighted by Crippen LogP contribution is 2.23. The van der Waals surface area contributed by atoms with Crippen molar-refractivity contribution in [3.8, 4) is 11.4 Å². The van der Waals surface area contributed by atoms with Crippen LogP contribution >= 0.6 is 11.6 Å². The zero-order valence-corrected chi connectivity index (χ0v) is 48.3. The Labute approximate surface area is 478 Å². The molecule has 0 radical (unpaired) electrons. The van der Waals surface area contributed by atoms with Gasteiger partial charge in [0.15, 0.2) is 10.1 Å². The predicted molar refractivity (Wildman–Crippen MR) is 302 cm³/mol. The number of aliphatic hydroxyl groups excluding tert-OH is 1. The van der Waals surface area contributed by atoms with Gasteiger partial charge in [-0.2, -0.15) is 18.8 Å². The largest absolute Gasteiger partial charge is 0.464 e. The summed E-state index contributed by atoms with van der Waals surface area (Å²) in [6, 6.07) is 17.4. The number of nitrogens with one attached hydrogen (secondary N) is 2.